The van der Waals surface area contributed by atoms with Crippen LogP contribution in [0, 0.1) is 0 Å². The van der Waals surface area contributed by atoms with Gasteiger partial charge in [0.25, 0.3) is 11.8 Å². The van der Waals surface area contributed by atoms with Gasteiger partial charge >= 0.3 is 0 Å². The molecule has 4 aromatic rings. The number of hydrogen-bond acceptors (Lipinski definition) is 4. The van der Waals surface area contributed by atoms with Crippen LogP contribution in [0.3, 0.4) is 0 Å². The molecule has 0 fully saturated rings. The van der Waals surface area contributed by atoms with Crippen LogP contribution in [0.4, 0.5) is 0 Å². The van der Waals surface area contributed by atoms with E-state index in [1.54, 1.807) is 30.3 Å². The summed E-state index contributed by atoms with van der Waals surface area (Å²) in [6.45, 7) is 5.75. The molecule has 0 aliphatic carbocycles. The van der Waals surface area contributed by atoms with Crippen molar-refractivity contribution in [2.75, 3.05) is 5.75 Å². The summed E-state index contributed by atoms with van der Waals surface area (Å²) in [6, 6.07) is 25.7. The molecule has 8 heteroatoms. The minimum Gasteiger partial charge on any atom is -0.391 e. The van der Waals surface area contributed by atoms with E-state index in [2.05, 4.69) is 28.8 Å². The van der Waals surface area contributed by atoms with Crippen molar-refractivity contribution < 1.29 is 14.7 Å². The molecule has 0 unspecified atom stereocenters. The number of hydrogen-bond donors (Lipinski definition) is 3. The third-order valence-electron chi connectivity index (χ3n) is 6.31. The minimum atomic E-state index is -0.988. The molecule has 0 bridgehead atoms. The first kappa shape index (κ1) is 29.9. The van der Waals surface area contributed by atoms with Crippen LogP contribution in [-0.4, -0.2) is 40.4 Å². The van der Waals surface area contributed by atoms with Crippen LogP contribution < -0.4 is 10.6 Å². The lowest BCUT2D eigenvalue weighted by Crippen LogP contribution is -2.46. The van der Waals surface area contributed by atoms with Crippen LogP contribution >= 0.6 is 35.0 Å². The number of fused-ring (bicyclic) bond motifs is 1. The Morgan fingerprint density at radius 3 is 2.27 bits per heavy atom. The van der Waals surface area contributed by atoms with Gasteiger partial charge in [0.05, 0.1) is 27.8 Å². The number of rotatable bonds is 9. The summed E-state index contributed by atoms with van der Waals surface area (Å²) in [5.74, 6) is -0.263. The first-order valence-corrected chi connectivity index (χ1v) is 14.7. The molecule has 40 heavy (non-hydrogen) atoms. The highest BCUT2D eigenvalue weighted by Gasteiger charge is 2.26. The van der Waals surface area contributed by atoms with E-state index in [0.29, 0.717) is 16.9 Å². The van der Waals surface area contributed by atoms with Crippen molar-refractivity contribution in [1.82, 2.24) is 10.6 Å². The zero-order valence-corrected chi connectivity index (χ0v) is 24.9. The van der Waals surface area contributed by atoms with Crippen LogP contribution in [-0.2, 0) is 6.42 Å². The van der Waals surface area contributed by atoms with Gasteiger partial charge in [-0.3, -0.25) is 9.59 Å². The molecule has 0 heterocycles. The summed E-state index contributed by atoms with van der Waals surface area (Å²) >= 11 is 14.0. The fraction of sp³-hybridized carbons (Fsp3) is 0.250. The average molecular weight is 596 g/mol. The van der Waals surface area contributed by atoms with Gasteiger partial charge in [-0.2, -0.15) is 0 Å². The number of amides is 2. The predicted octanol–water partition coefficient (Wildman–Crippen LogP) is 7.17. The van der Waals surface area contributed by atoms with Crippen molar-refractivity contribution in [3.63, 3.8) is 0 Å². The normalized spacial score (nSPS) is 13.1. The maximum atomic E-state index is 13.3. The van der Waals surface area contributed by atoms with Gasteiger partial charge in [-0.15, -0.1) is 11.8 Å². The Labute approximate surface area is 249 Å². The van der Waals surface area contributed by atoms with Gasteiger partial charge in [0, 0.05) is 28.2 Å². The van der Waals surface area contributed by atoms with Crippen molar-refractivity contribution in [3.8, 4) is 0 Å². The highest BCUT2D eigenvalue weighted by molar-refractivity contribution is 7.99. The number of nitrogens with one attached hydrogen (secondary N) is 2. The summed E-state index contributed by atoms with van der Waals surface area (Å²) in [7, 11) is 0. The number of carbonyl (C=O) groups excluding carboxylic acids is 2. The van der Waals surface area contributed by atoms with Gasteiger partial charge in [-0.25, -0.2) is 0 Å². The molecule has 4 rings (SSSR count). The number of benzene rings is 4. The molecule has 4 aromatic carbocycles. The lowest BCUT2D eigenvalue weighted by molar-refractivity contribution is 0.0850. The van der Waals surface area contributed by atoms with Crippen molar-refractivity contribution in [2.45, 2.75) is 49.8 Å². The van der Waals surface area contributed by atoms with Crippen LogP contribution in [0.25, 0.3) is 10.8 Å². The Bertz CT molecular complexity index is 1520. The zero-order chi connectivity index (χ0) is 28.9. The van der Waals surface area contributed by atoms with Crippen molar-refractivity contribution >= 4 is 57.6 Å². The molecule has 3 N–H and O–H groups in total. The first-order valence-electron chi connectivity index (χ1n) is 13.0. The SMILES string of the molecule is CC(C)(C)NC(=O)c1ccccc1C[C@@H](O)[C@H](CSc1ccc2ccccc2c1)NC(=O)c1cccc(Cl)c1Cl. The molecule has 0 spiro atoms. The Kier molecular flexibility index (Phi) is 9.80. The zero-order valence-electron chi connectivity index (χ0n) is 22.6. The largest absolute Gasteiger partial charge is 0.391 e. The van der Waals surface area contributed by atoms with Gasteiger partial charge in [0.15, 0.2) is 0 Å². The predicted molar refractivity (Wildman–Crippen MR) is 166 cm³/mol. The van der Waals surface area contributed by atoms with Crippen LogP contribution in [0.5, 0.6) is 0 Å². The minimum absolute atomic E-state index is 0.154. The van der Waals surface area contributed by atoms with Crippen LogP contribution in [0.2, 0.25) is 10.0 Å². The number of aliphatic hydroxyl groups excluding tert-OH is 1. The molecule has 2 amide bonds. The van der Waals surface area contributed by atoms with Gasteiger partial charge < -0.3 is 15.7 Å². The highest BCUT2D eigenvalue weighted by Crippen LogP contribution is 2.28. The van der Waals surface area contributed by atoms with Gasteiger partial charge in [0.1, 0.15) is 0 Å². The number of halogens is 2. The van der Waals surface area contributed by atoms with Gasteiger partial charge in [-0.1, -0.05) is 77.8 Å². The maximum absolute atomic E-state index is 13.3. The highest BCUT2D eigenvalue weighted by atomic mass is 35.5. The number of thioether (sulfide) groups is 1. The van der Waals surface area contributed by atoms with Crippen molar-refractivity contribution in [3.05, 3.63) is 112 Å². The fourth-order valence-corrected chi connectivity index (χ4v) is 5.75. The maximum Gasteiger partial charge on any atom is 0.253 e. The summed E-state index contributed by atoms with van der Waals surface area (Å²) in [6.07, 6.45) is -0.821. The smallest absolute Gasteiger partial charge is 0.253 e. The lowest BCUT2D eigenvalue weighted by Gasteiger charge is -2.26. The standard InChI is InChI=1S/C32H32Cl2N2O3S/c1-32(2,3)36-31(39)24-12-7-6-11-22(24)18-28(37)27(35-30(38)25-13-8-14-26(33)29(25)34)19-40-23-16-15-20-9-4-5-10-21(20)17-23/h4-17,27-28,37H,18-19H2,1-3H3,(H,35,38)(H,36,39)/t27-,28+/m0/s1. The summed E-state index contributed by atoms with van der Waals surface area (Å²) in [5.41, 5.74) is 0.993. The molecule has 0 aliphatic heterocycles. The van der Waals surface area contributed by atoms with Gasteiger partial charge in [0.2, 0.25) is 0 Å². The first-order chi connectivity index (χ1) is 19.0. The molecule has 0 saturated carbocycles. The topological polar surface area (TPSA) is 78.4 Å². The molecule has 2 atom stereocenters. The average Bonchev–Trinajstić information content (AvgIpc) is 2.91. The third kappa shape index (κ3) is 7.79. The molecule has 0 radical (unpaired) electrons. The van der Waals surface area contributed by atoms with E-state index < -0.39 is 23.6 Å². The van der Waals surface area contributed by atoms with E-state index in [1.807, 2.05) is 57.2 Å². The van der Waals surface area contributed by atoms with Crippen LogP contribution in [0.1, 0.15) is 47.1 Å². The summed E-state index contributed by atoms with van der Waals surface area (Å²) in [5, 5.41) is 20.1. The van der Waals surface area contributed by atoms with E-state index in [-0.39, 0.29) is 27.9 Å². The second-order valence-corrected chi connectivity index (χ2v) is 12.5. The Morgan fingerprint density at radius 1 is 0.850 bits per heavy atom. The Balaban J connectivity index is 1.58. The van der Waals surface area contributed by atoms with Crippen molar-refractivity contribution in [1.29, 1.82) is 0 Å². The Hall–Kier alpha value is -3.03. The molecule has 0 aliphatic rings. The Morgan fingerprint density at radius 2 is 1.52 bits per heavy atom. The van der Waals surface area contributed by atoms with E-state index in [4.69, 9.17) is 23.2 Å². The molecule has 208 valence electrons. The number of carbonyl (C=O) groups is 2. The van der Waals surface area contributed by atoms with E-state index >= 15 is 0 Å². The monoisotopic (exact) mass is 594 g/mol. The van der Waals surface area contributed by atoms with Gasteiger partial charge in [-0.05, 0) is 67.4 Å². The van der Waals surface area contributed by atoms with E-state index in [0.717, 1.165) is 15.7 Å². The fourth-order valence-electron chi connectivity index (χ4n) is 4.31. The summed E-state index contributed by atoms with van der Waals surface area (Å²) in [4.78, 5) is 27.3. The molecule has 0 aromatic heterocycles. The molecule has 5 nitrogen and oxygen atoms in total. The third-order valence-corrected chi connectivity index (χ3v) is 8.24. The lowest BCUT2D eigenvalue weighted by atomic mass is 9.97. The molecular weight excluding hydrogens is 563 g/mol. The van der Waals surface area contributed by atoms with E-state index in [1.165, 1.54) is 11.8 Å². The van der Waals surface area contributed by atoms with Crippen molar-refractivity contribution in [2.24, 2.45) is 0 Å². The molecular formula is C32H32Cl2N2O3S. The second kappa shape index (κ2) is 13.1. The van der Waals surface area contributed by atoms with E-state index in [9.17, 15) is 14.7 Å². The summed E-state index contributed by atoms with van der Waals surface area (Å²) < 4.78 is 0. The molecule has 0 saturated heterocycles. The van der Waals surface area contributed by atoms with Crippen LogP contribution in [0.15, 0.2) is 89.8 Å². The quantitative estimate of drug-likeness (QED) is 0.179. The second-order valence-electron chi connectivity index (χ2n) is 10.6. The number of aliphatic hydroxyl groups is 1.